The lowest BCUT2D eigenvalue weighted by molar-refractivity contribution is -0.141. The average molecular weight is 368 g/mol. The molecule has 1 fully saturated rings. The van der Waals surface area contributed by atoms with E-state index in [0.717, 1.165) is 18.4 Å². The highest BCUT2D eigenvalue weighted by atomic mass is 35.5. The van der Waals surface area contributed by atoms with Crippen molar-refractivity contribution >= 4 is 23.4 Å². The highest BCUT2D eigenvalue weighted by Gasteiger charge is 2.31. The number of carbonyl (C=O) groups excluding carboxylic acids is 2. The molecule has 0 aliphatic carbocycles. The Morgan fingerprint density at radius 2 is 2.24 bits per heavy atom. The summed E-state index contributed by atoms with van der Waals surface area (Å²) in [5.41, 5.74) is 6.31. The predicted molar refractivity (Wildman–Crippen MR) is 97.6 cm³/mol. The molecule has 1 heterocycles. The van der Waals surface area contributed by atoms with Gasteiger partial charge in [-0.3, -0.25) is 9.59 Å². The summed E-state index contributed by atoms with van der Waals surface area (Å²) in [6.07, 6.45) is 0.969. The van der Waals surface area contributed by atoms with E-state index in [-0.39, 0.29) is 17.7 Å². The lowest BCUT2D eigenvalue weighted by Crippen LogP contribution is -2.49. The number of aryl methyl sites for hydroxylation is 1. The second-order valence-electron chi connectivity index (χ2n) is 6.37. The van der Waals surface area contributed by atoms with Gasteiger partial charge in [-0.2, -0.15) is 0 Å². The Morgan fingerprint density at radius 1 is 1.48 bits per heavy atom. The van der Waals surface area contributed by atoms with Crippen LogP contribution in [-0.2, 0) is 9.59 Å². The van der Waals surface area contributed by atoms with Gasteiger partial charge in [0.15, 0.2) is 6.10 Å². The zero-order valence-corrected chi connectivity index (χ0v) is 15.5. The first-order valence-electron chi connectivity index (χ1n) is 8.61. The summed E-state index contributed by atoms with van der Waals surface area (Å²) in [5, 5.41) is 3.46. The van der Waals surface area contributed by atoms with E-state index in [0.29, 0.717) is 37.0 Å². The second kappa shape index (κ2) is 9.06. The molecule has 1 aliphatic heterocycles. The number of halogens is 1. The van der Waals surface area contributed by atoms with Crippen molar-refractivity contribution in [3.05, 3.63) is 28.8 Å². The van der Waals surface area contributed by atoms with Crippen LogP contribution >= 0.6 is 11.6 Å². The van der Waals surface area contributed by atoms with Gasteiger partial charge >= 0.3 is 0 Å². The molecule has 0 spiro atoms. The molecule has 1 saturated heterocycles. The van der Waals surface area contributed by atoms with Gasteiger partial charge in [-0.05, 0) is 50.5 Å². The summed E-state index contributed by atoms with van der Waals surface area (Å²) < 4.78 is 5.76. The van der Waals surface area contributed by atoms with E-state index >= 15 is 0 Å². The Kier molecular flexibility index (Phi) is 7.08. The minimum Gasteiger partial charge on any atom is -0.481 e. The first kappa shape index (κ1) is 19.5. The highest BCUT2D eigenvalue weighted by molar-refractivity contribution is 6.31. The maximum atomic E-state index is 12.7. The Balaban J connectivity index is 1.93. The minimum absolute atomic E-state index is 0.0372. The number of amides is 2. The van der Waals surface area contributed by atoms with Gasteiger partial charge in [0, 0.05) is 31.2 Å². The summed E-state index contributed by atoms with van der Waals surface area (Å²) in [6, 6.07) is 5.31. The standard InChI is InChI=1S/C18H26ClN3O3/c1-12-10-15(5-6-16(12)19)25-13(2)18(24)22-9-3-4-14(11-22)17(23)21-8-7-20/h5-6,10,13-14H,3-4,7-9,11,20H2,1-2H3,(H,21,23). The maximum absolute atomic E-state index is 12.7. The maximum Gasteiger partial charge on any atom is 0.263 e. The number of likely N-dealkylation sites (tertiary alicyclic amines) is 1. The van der Waals surface area contributed by atoms with E-state index in [1.165, 1.54) is 0 Å². The smallest absolute Gasteiger partial charge is 0.263 e. The SMILES string of the molecule is Cc1cc(OC(C)C(=O)N2CCCC(C(=O)NCCN)C2)ccc1Cl. The molecule has 6 nitrogen and oxygen atoms in total. The van der Waals surface area contributed by atoms with Crippen LogP contribution in [-0.4, -0.2) is 49.0 Å². The monoisotopic (exact) mass is 367 g/mol. The van der Waals surface area contributed by atoms with E-state index in [4.69, 9.17) is 22.1 Å². The van der Waals surface area contributed by atoms with Crippen LogP contribution in [0.2, 0.25) is 5.02 Å². The van der Waals surface area contributed by atoms with Gasteiger partial charge in [-0.25, -0.2) is 0 Å². The van der Waals surface area contributed by atoms with E-state index in [1.807, 2.05) is 13.0 Å². The number of nitrogens with zero attached hydrogens (tertiary/aromatic N) is 1. The molecule has 2 unspecified atom stereocenters. The van der Waals surface area contributed by atoms with E-state index < -0.39 is 6.10 Å². The molecule has 138 valence electrons. The Labute approximate surface area is 153 Å². The molecule has 0 aromatic heterocycles. The molecule has 0 saturated carbocycles. The molecule has 0 radical (unpaired) electrons. The molecular weight excluding hydrogens is 342 g/mol. The third-order valence-corrected chi connectivity index (χ3v) is 4.76. The molecule has 1 aromatic rings. The summed E-state index contributed by atoms with van der Waals surface area (Å²) >= 11 is 6.01. The van der Waals surface area contributed by atoms with Crippen molar-refractivity contribution in [2.75, 3.05) is 26.2 Å². The van der Waals surface area contributed by atoms with Crippen LogP contribution in [0.4, 0.5) is 0 Å². The van der Waals surface area contributed by atoms with Gasteiger partial charge in [-0.1, -0.05) is 11.6 Å². The van der Waals surface area contributed by atoms with Crippen LogP contribution in [0.1, 0.15) is 25.3 Å². The van der Waals surface area contributed by atoms with Crippen LogP contribution in [0.15, 0.2) is 18.2 Å². The lowest BCUT2D eigenvalue weighted by atomic mass is 9.96. The zero-order valence-electron chi connectivity index (χ0n) is 14.8. The van der Waals surface area contributed by atoms with Crippen molar-refractivity contribution in [1.29, 1.82) is 0 Å². The minimum atomic E-state index is -0.619. The van der Waals surface area contributed by atoms with Gasteiger partial charge in [0.25, 0.3) is 5.91 Å². The van der Waals surface area contributed by atoms with Crippen LogP contribution in [0.3, 0.4) is 0 Å². The van der Waals surface area contributed by atoms with Crippen molar-refractivity contribution in [3.8, 4) is 5.75 Å². The third-order valence-electron chi connectivity index (χ3n) is 4.34. The van der Waals surface area contributed by atoms with E-state index in [2.05, 4.69) is 5.32 Å². The van der Waals surface area contributed by atoms with Gasteiger partial charge < -0.3 is 20.7 Å². The molecule has 1 aliphatic rings. The number of nitrogens with one attached hydrogen (secondary N) is 1. The van der Waals surface area contributed by atoms with Crippen molar-refractivity contribution in [2.24, 2.45) is 11.7 Å². The number of piperidine rings is 1. The molecule has 0 bridgehead atoms. The van der Waals surface area contributed by atoms with E-state index in [1.54, 1.807) is 24.0 Å². The molecule has 1 aromatic carbocycles. The number of ether oxygens (including phenoxy) is 1. The third kappa shape index (κ3) is 5.34. The van der Waals surface area contributed by atoms with E-state index in [9.17, 15) is 9.59 Å². The summed E-state index contributed by atoms with van der Waals surface area (Å²) in [7, 11) is 0. The van der Waals surface area contributed by atoms with Crippen molar-refractivity contribution in [1.82, 2.24) is 10.2 Å². The molecule has 7 heteroatoms. The number of hydrogen-bond donors (Lipinski definition) is 2. The number of benzene rings is 1. The molecule has 2 amide bonds. The van der Waals surface area contributed by atoms with Gasteiger partial charge in [0.05, 0.1) is 5.92 Å². The number of nitrogens with two attached hydrogens (primary N) is 1. The fourth-order valence-corrected chi connectivity index (χ4v) is 3.05. The summed E-state index contributed by atoms with van der Waals surface area (Å²) in [4.78, 5) is 26.5. The second-order valence-corrected chi connectivity index (χ2v) is 6.78. The van der Waals surface area contributed by atoms with Crippen LogP contribution in [0.5, 0.6) is 5.75 Å². The van der Waals surface area contributed by atoms with Crippen LogP contribution in [0, 0.1) is 12.8 Å². The first-order valence-corrected chi connectivity index (χ1v) is 8.99. The molecule has 25 heavy (non-hydrogen) atoms. The Morgan fingerprint density at radius 3 is 2.92 bits per heavy atom. The highest BCUT2D eigenvalue weighted by Crippen LogP contribution is 2.23. The summed E-state index contributed by atoms with van der Waals surface area (Å²) in [5.74, 6) is 0.278. The number of rotatable bonds is 6. The fraction of sp³-hybridized carbons (Fsp3) is 0.556. The van der Waals surface area contributed by atoms with Crippen molar-refractivity contribution < 1.29 is 14.3 Å². The zero-order chi connectivity index (χ0) is 18.4. The van der Waals surface area contributed by atoms with Crippen LogP contribution < -0.4 is 15.8 Å². The molecule has 3 N–H and O–H groups in total. The Hall–Kier alpha value is -1.79. The normalized spacial score (nSPS) is 18.6. The van der Waals surface area contributed by atoms with Gasteiger partial charge in [0.2, 0.25) is 5.91 Å². The van der Waals surface area contributed by atoms with Gasteiger partial charge in [-0.15, -0.1) is 0 Å². The summed E-state index contributed by atoms with van der Waals surface area (Å²) in [6.45, 7) is 5.54. The van der Waals surface area contributed by atoms with Crippen molar-refractivity contribution in [3.63, 3.8) is 0 Å². The average Bonchev–Trinajstić information content (AvgIpc) is 2.62. The Bertz CT molecular complexity index is 624. The van der Waals surface area contributed by atoms with Crippen molar-refractivity contribution in [2.45, 2.75) is 32.8 Å². The topological polar surface area (TPSA) is 84.7 Å². The predicted octanol–water partition coefficient (Wildman–Crippen LogP) is 1.73. The quantitative estimate of drug-likeness (QED) is 0.801. The van der Waals surface area contributed by atoms with Crippen LogP contribution in [0.25, 0.3) is 0 Å². The largest absolute Gasteiger partial charge is 0.481 e. The lowest BCUT2D eigenvalue weighted by Gasteiger charge is -2.33. The number of hydrogen-bond acceptors (Lipinski definition) is 4. The number of carbonyl (C=O) groups is 2. The molecule has 2 rings (SSSR count). The van der Waals surface area contributed by atoms with Gasteiger partial charge in [0.1, 0.15) is 5.75 Å². The fourth-order valence-electron chi connectivity index (χ4n) is 2.93. The molecule has 2 atom stereocenters. The first-order chi connectivity index (χ1) is 11.9. The molecular formula is C18H26ClN3O3.